The fourth-order valence-electron chi connectivity index (χ4n) is 3.12. The van der Waals surface area contributed by atoms with Gasteiger partial charge in [0.05, 0.1) is 25.5 Å². The van der Waals surface area contributed by atoms with Gasteiger partial charge in [-0.15, -0.1) is 0 Å². The van der Waals surface area contributed by atoms with Crippen molar-refractivity contribution in [2.45, 2.75) is 25.5 Å². The molecular formula is C17H22N6O3. The van der Waals surface area contributed by atoms with Crippen LogP contribution in [-0.2, 0) is 6.54 Å². The fourth-order valence-corrected chi connectivity index (χ4v) is 3.12. The highest BCUT2D eigenvalue weighted by molar-refractivity contribution is 5.92. The summed E-state index contributed by atoms with van der Waals surface area (Å²) in [6, 6.07) is 1.72. The van der Waals surface area contributed by atoms with Gasteiger partial charge in [0.1, 0.15) is 6.10 Å². The number of aryl methyl sites for hydroxylation is 1. The Morgan fingerprint density at radius 1 is 1.35 bits per heavy atom. The topological polar surface area (TPSA) is 85.6 Å². The summed E-state index contributed by atoms with van der Waals surface area (Å²) in [6.07, 6.45) is 4.84. The molecule has 9 heteroatoms. The van der Waals surface area contributed by atoms with E-state index in [0.717, 1.165) is 25.2 Å². The number of fused-ring (bicyclic) bond motifs is 1. The number of aromatic nitrogens is 4. The van der Waals surface area contributed by atoms with E-state index in [9.17, 15) is 4.79 Å². The second-order valence-electron chi connectivity index (χ2n) is 6.68. The number of hydrogen-bond acceptors (Lipinski definition) is 7. The lowest BCUT2D eigenvalue weighted by Crippen LogP contribution is -2.31. The Hall–Kier alpha value is -2.84. The smallest absolute Gasteiger partial charge is 0.274 e. The van der Waals surface area contributed by atoms with Gasteiger partial charge in [0, 0.05) is 46.1 Å². The average molecular weight is 358 g/mol. The van der Waals surface area contributed by atoms with Gasteiger partial charge >= 0.3 is 0 Å². The van der Waals surface area contributed by atoms with Crippen molar-refractivity contribution in [3.8, 4) is 11.8 Å². The molecule has 4 heterocycles. The molecule has 0 N–H and O–H groups in total. The summed E-state index contributed by atoms with van der Waals surface area (Å²) in [5, 5.41) is 4.37. The van der Waals surface area contributed by atoms with Crippen LogP contribution in [0.15, 0.2) is 18.5 Å². The van der Waals surface area contributed by atoms with Gasteiger partial charge in [-0.3, -0.25) is 9.78 Å². The molecule has 9 nitrogen and oxygen atoms in total. The third-order valence-corrected chi connectivity index (χ3v) is 4.50. The molecule has 26 heavy (non-hydrogen) atoms. The first-order chi connectivity index (χ1) is 12.6. The first-order valence-corrected chi connectivity index (χ1v) is 8.76. The van der Waals surface area contributed by atoms with Crippen LogP contribution in [0.25, 0.3) is 0 Å². The van der Waals surface area contributed by atoms with Crippen LogP contribution in [0.5, 0.6) is 11.8 Å². The van der Waals surface area contributed by atoms with Crippen LogP contribution in [-0.4, -0.2) is 70.5 Å². The SMILES string of the molecule is CN(C)c1cncc(O[C@H]2CCN(C(=O)c3cc4n(n3)CCCO4)C2)n1. The van der Waals surface area contributed by atoms with Crippen LogP contribution >= 0.6 is 0 Å². The lowest BCUT2D eigenvalue weighted by atomic mass is 10.3. The molecule has 0 unspecified atom stereocenters. The van der Waals surface area contributed by atoms with Crippen LogP contribution < -0.4 is 14.4 Å². The van der Waals surface area contributed by atoms with Gasteiger partial charge in [-0.05, 0) is 0 Å². The van der Waals surface area contributed by atoms with Crippen molar-refractivity contribution in [3.05, 3.63) is 24.2 Å². The molecule has 2 aromatic rings. The number of likely N-dealkylation sites (tertiary alicyclic amines) is 1. The van der Waals surface area contributed by atoms with Crippen LogP contribution in [0, 0.1) is 0 Å². The molecule has 0 bridgehead atoms. The molecule has 1 amide bonds. The molecule has 2 aliphatic rings. The summed E-state index contributed by atoms with van der Waals surface area (Å²) >= 11 is 0. The molecule has 0 radical (unpaired) electrons. The number of rotatable bonds is 4. The number of carbonyl (C=O) groups excluding carboxylic acids is 1. The van der Waals surface area contributed by atoms with E-state index >= 15 is 0 Å². The molecule has 2 aliphatic heterocycles. The average Bonchev–Trinajstić information content (AvgIpc) is 3.28. The molecule has 138 valence electrons. The number of ether oxygens (including phenoxy) is 2. The molecule has 1 fully saturated rings. The van der Waals surface area contributed by atoms with E-state index in [-0.39, 0.29) is 12.0 Å². The van der Waals surface area contributed by atoms with Crippen molar-refractivity contribution >= 4 is 11.7 Å². The zero-order valence-corrected chi connectivity index (χ0v) is 15.0. The molecule has 1 atom stereocenters. The summed E-state index contributed by atoms with van der Waals surface area (Å²) < 4.78 is 13.2. The lowest BCUT2D eigenvalue weighted by molar-refractivity contribution is 0.0764. The van der Waals surface area contributed by atoms with Crippen molar-refractivity contribution in [1.29, 1.82) is 0 Å². The Labute approximate surface area is 151 Å². The molecule has 1 saturated heterocycles. The minimum Gasteiger partial charge on any atom is -0.478 e. The van der Waals surface area contributed by atoms with Gasteiger partial charge in [-0.1, -0.05) is 0 Å². The van der Waals surface area contributed by atoms with Crippen LogP contribution in [0.4, 0.5) is 5.82 Å². The van der Waals surface area contributed by atoms with Gasteiger partial charge in [0.15, 0.2) is 11.5 Å². The van der Waals surface area contributed by atoms with Crippen LogP contribution in [0.1, 0.15) is 23.3 Å². The zero-order chi connectivity index (χ0) is 18.1. The van der Waals surface area contributed by atoms with E-state index in [4.69, 9.17) is 9.47 Å². The van der Waals surface area contributed by atoms with Gasteiger partial charge in [-0.2, -0.15) is 10.1 Å². The van der Waals surface area contributed by atoms with Crippen molar-refractivity contribution in [3.63, 3.8) is 0 Å². The van der Waals surface area contributed by atoms with Gasteiger partial charge < -0.3 is 19.3 Å². The Bertz CT molecular complexity index is 782. The summed E-state index contributed by atoms with van der Waals surface area (Å²) in [5.41, 5.74) is 0.428. The van der Waals surface area contributed by atoms with E-state index in [1.165, 1.54) is 0 Å². The van der Waals surface area contributed by atoms with E-state index in [2.05, 4.69) is 15.1 Å². The summed E-state index contributed by atoms with van der Waals surface area (Å²) in [5.74, 6) is 1.79. The highest BCUT2D eigenvalue weighted by atomic mass is 16.5. The lowest BCUT2D eigenvalue weighted by Gasteiger charge is -2.17. The van der Waals surface area contributed by atoms with E-state index in [1.807, 2.05) is 19.0 Å². The maximum absolute atomic E-state index is 12.7. The Kier molecular flexibility index (Phi) is 4.36. The maximum Gasteiger partial charge on any atom is 0.274 e. The molecular weight excluding hydrogens is 336 g/mol. The number of hydrogen-bond donors (Lipinski definition) is 0. The Balaban J connectivity index is 1.39. The third-order valence-electron chi connectivity index (χ3n) is 4.50. The van der Waals surface area contributed by atoms with Crippen molar-refractivity contribution in [2.24, 2.45) is 0 Å². The van der Waals surface area contributed by atoms with E-state index < -0.39 is 0 Å². The summed E-state index contributed by atoms with van der Waals surface area (Å²) in [7, 11) is 3.80. The Morgan fingerprint density at radius 2 is 2.23 bits per heavy atom. The number of nitrogens with zero attached hydrogens (tertiary/aromatic N) is 6. The molecule has 0 saturated carbocycles. The van der Waals surface area contributed by atoms with E-state index in [1.54, 1.807) is 28.0 Å². The summed E-state index contributed by atoms with van der Waals surface area (Å²) in [6.45, 7) is 2.60. The minimum absolute atomic E-state index is 0.0882. The van der Waals surface area contributed by atoms with Gasteiger partial charge in [-0.25, -0.2) is 4.68 Å². The summed E-state index contributed by atoms with van der Waals surface area (Å²) in [4.78, 5) is 24.9. The highest BCUT2D eigenvalue weighted by Gasteiger charge is 2.31. The quantitative estimate of drug-likeness (QED) is 0.800. The highest BCUT2D eigenvalue weighted by Crippen LogP contribution is 2.22. The molecule has 0 aromatic carbocycles. The predicted molar refractivity (Wildman–Crippen MR) is 93.6 cm³/mol. The largest absolute Gasteiger partial charge is 0.478 e. The number of carbonyl (C=O) groups is 1. The second kappa shape index (κ2) is 6.81. The van der Waals surface area contributed by atoms with Gasteiger partial charge in [0.25, 0.3) is 5.91 Å². The number of anilines is 1. The monoisotopic (exact) mass is 358 g/mol. The standard InChI is InChI=1S/C17H22N6O3/c1-21(2)14-9-18-10-15(19-14)26-12-4-6-22(11-12)17(24)13-8-16-23(20-13)5-3-7-25-16/h8-10,12H,3-7,11H2,1-2H3/t12-/m0/s1. The molecule has 4 rings (SSSR count). The normalized spacial score (nSPS) is 19.0. The van der Waals surface area contributed by atoms with Crippen molar-refractivity contribution in [1.82, 2.24) is 24.6 Å². The van der Waals surface area contributed by atoms with Gasteiger partial charge in [0.2, 0.25) is 11.8 Å². The third kappa shape index (κ3) is 3.29. The number of amides is 1. The second-order valence-corrected chi connectivity index (χ2v) is 6.68. The van der Waals surface area contributed by atoms with Crippen LogP contribution in [0.2, 0.25) is 0 Å². The fraction of sp³-hybridized carbons (Fsp3) is 0.529. The first kappa shape index (κ1) is 16.6. The maximum atomic E-state index is 12.7. The van der Waals surface area contributed by atoms with Crippen LogP contribution in [0.3, 0.4) is 0 Å². The Morgan fingerprint density at radius 3 is 3.04 bits per heavy atom. The zero-order valence-electron chi connectivity index (χ0n) is 15.0. The molecule has 0 aliphatic carbocycles. The predicted octanol–water partition coefficient (Wildman–Crippen LogP) is 0.815. The van der Waals surface area contributed by atoms with Crippen molar-refractivity contribution in [2.75, 3.05) is 38.7 Å². The van der Waals surface area contributed by atoms with E-state index in [0.29, 0.717) is 37.2 Å². The first-order valence-electron chi connectivity index (χ1n) is 8.76. The van der Waals surface area contributed by atoms with Crippen molar-refractivity contribution < 1.29 is 14.3 Å². The molecule has 0 spiro atoms. The molecule has 2 aromatic heterocycles. The minimum atomic E-state index is -0.0980.